The Bertz CT molecular complexity index is 410. The molecule has 0 aliphatic heterocycles. The Morgan fingerprint density at radius 2 is 2.35 bits per heavy atom. The molecule has 0 spiro atoms. The molecule has 4 nitrogen and oxygen atoms in total. The second kappa shape index (κ2) is 7.29. The van der Waals surface area contributed by atoms with Crippen molar-refractivity contribution < 1.29 is 9.53 Å². The molecule has 0 saturated carbocycles. The summed E-state index contributed by atoms with van der Waals surface area (Å²) in [6, 6.07) is 8.97. The van der Waals surface area contributed by atoms with E-state index in [0.717, 1.165) is 18.6 Å². The van der Waals surface area contributed by atoms with Crippen LogP contribution in [-0.4, -0.2) is 12.5 Å². The lowest BCUT2D eigenvalue weighted by molar-refractivity contribution is -0.115. The van der Waals surface area contributed by atoms with Crippen molar-refractivity contribution in [2.75, 3.05) is 11.9 Å². The molecule has 0 aliphatic carbocycles. The van der Waals surface area contributed by atoms with E-state index in [-0.39, 0.29) is 12.3 Å². The number of nitriles is 1. The largest absolute Gasteiger partial charge is 0.494 e. The number of carbonyl (C=O) groups is 1. The number of nitrogens with zero attached hydrogens (tertiary/aromatic N) is 1. The fraction of sp³-hybridized carbons (Fsp3) is 0.385. The summed E-state index contributed by atoms with van der Waals surface area (Å²) in [7, 11) is 0. The number of hydrogen-bond acceptors (Lipinski definition) is 3. The molecule has 17 heavy (non-hydrogen) atoms. The molecule has 4 heteroatoms. The molecule has 1 aromatic rings. The predicted octanol–water partition coefficient (Wildman–Crippen LogP) is 2.72. The van der Waals surface area contributed by atoms with Gasteiger partial charge in [-0.25, -0.2) is 0 Å². The summed E-state index contributed by atoms with van der Waals surface area (Å²) in [5.41, 5.74) is 0.652. The minimum atomic E-state index is -0.307. The zero-order chi connectivity index (χ0) is 12.5. The molecule has 0 aliphatic rings. The van der Waals surface area contributed by atoms with Gasteiger partial charge < -0.3 is 10.1 Å². The van der Waals surface area contributed by atoms with Gasteiger partial charge in [0.2, 0.25) is 5.91 Å². The first-order chi connectivity index (χ1) is 8.26. The highest BCUT2D eigenvalue weighted by Crippen LogP contribution is 2.17. The highest BCUT2D eigenvalue weighted by atomic mass is 16.5. The molecule has 0 radical (unpaired) electrons. The summed E-state index contributed by atoms with van der Waals surface area (Å²) in [6.45, 7) is 2.77. The monoisotopic (exact) mass is 232 g/mol. The lowest BCUT2D eigenvalue weighted by Crippen LogP contribution is -2.10. The van der Waals surface area contributed by atoms with Crippen molar-refractivity contribution in [2.45, 2.75) is 26.2 Å². The third-order valence-electron chi connectivity index (χ3n) is 2.12. The zero-order valence-corrected chi connectivity index (χ0v) is 9.90. The van der Waals surface area contributed by atoms with Crippen LogP contribution in [0.2, 0.25) is 0 Å². The summed E-state index contributed by atoms with van der Waals surface area (Å²) >= 11 is 0. The number of hydrogen-bond donors (Lipinski definition) is 1. The van der Waals surface area contributed by atoms with E-state index in [0.29, 0.717) is 12.3 Å². The maximum atomic E-state index is 11.2. The number of unbranched alkanes of at least 4 members (excludes halogenated alkanes) is 1. The first-order valence-corrected chi connectivity index (χ1v) is 5.66. The van der Waals surface area contributed by atoms with Gasteiger partial charge in [0.05, 0.1) is 12.7 Å². The fourth-order valence-corrected chi connectivity index (χ4v) is 1.27. The van der Waals surface area contributed by atoms with Crippen molar-refractivity contribution >= 4 is 11.6 Å². The lowest BCUT2D eigenvalue weighted by Gasteiger charge is -2.07. The number of ether oxygens (including phenoxy) is 1. The second-order valence-corrected chi connectivity index (χ2v) is 3.61. The third-order valence-corrected chi connectivity index (χ3v) is 2.12. The fourth-order valence-electron chi connectivity index (χ4n) is 1.27. The van der Waals surface area contributed by atoms with Crippen molar-refractivity contribution in [2.24, 2.45) is 0 Å². The molecule has 1 rings (SSSR count). The molecular formula is C13H16N2O2. The number of carbonyl (C=O) groups excluding carboxylic acids is 1. The molecular weight excluding hydrogens is 216 g/mol. The predicted molar refractivity (Wildman–Crippen MR) is 65.7 cm³/mol. The van der Waals surface area contributed by atoms with Gasteiger partial charge in [-0.3, -0.25) is 4.79 Å². The summed E-state index contributed by atoms with van der Waals surface area (Å²) < 4.78 is 5.51. The average molecular weight is 232 g/mol. The van der Waals surface area contributed by atoms with Gasteiger partial charge in [0.15, 0.2) is 0 Å². The minimum Gasteiger partial charge on any atom is -0.494 e. The summed E-state index contributed by atoms with van der Waals surface area (Å²) in [6.07, 6.45) is 1.95. The van der Waals surface area contributed by atoms with E-state index in [1.54, 1.807) is 18.2 Å². The van der Waals surface area contributed by atoms with Crippen molar-refractivity contribution in [3.8, 4) is 11.8 Å². The van der Waals surface area contributed by atoms with Crippen LogP contribution in [0.1, 0.15) is 26.2 Å². The molecule has 90 valence electrons. The van der Waals surface area contributed by atoms with E-state index in [4.69, 9.17) is 10.00 Å². The molecule has 0 heterocycles. The van der Waals surface area contributed by atoms with Crippen molar-refractivity contribution in [3.63, 3.8) is 0 Å². The molecule has 0 fully saturated rings. The topological polar surface area (TPSA) is 62.1 Å². The highest BCUT2D eigenvalue weighted by molar-refractivity contribution is 5.92. The Hall–Kier alpha value is -2.02. The molecule has 0 unspecified atom stereocenters. The Morgan fingerprint density at radius 3 is 3.06 bits per heavy atom. The number of amides is 1. The van der Waals surface area contributed by atoms with Gasteiger partial charge in [-0.05, 0) is 18.6 Å². The van der Waals surface area contributed by atoms with Gasteiger partial charge in [-0.1, -0.05) is 19.4 Å². The Kier molecular flexibility index (Phi) is 5.59. The van der Waals surface area contributed by atoms with Crippen LogP contribution in [0.15, 0.2) is 24.3 Å². The minimum absolute atomic E-state index is 0.138. The standard InChI is InChI=1S/C13H16N2O2/c1-2-3-9-17-12-6-4-5-11(10-12)15-13(16)7-8-14/h4-6,10H,2-3,7,9H2,1H3,(H,15,16). The van der Waals surface area contributed by atoms with Gasteiger partial charge in [0.1, 0.15) is 12.2 Å². The van der Waals surface area contributed by atoms with Crippen LogP contribution in [0.5, 0.6) is 5.75 Å². The number of rotatable bonds is 6. The van der Waals surface area contributed by atoms with Crippen molar-refractivity contribution in [1.82, 2.24) is 0 Å². The van der Waals surface area contributed by atoms with Crippen LogP contribution >= 0.6 is 0 Å². The van der Waals surface area contributed by atoms with Gasteiger partial charge in [-0.2, -0.15) is 5.26 Å². The first-order valence-electron chi connectivity index (χ1n) is 5.66. The molecule has 0 aromatic heterocycles. The van der Waals surface area contributed by atoms with Crippen molar-refractivity contribution in [3.05, 3.63) is 24.3 Å². The van der Waals surface area contributed by atoms with E-state index in [1.807, 2.05) is 12.1 Å². The van der Waals surface area contributed by atoms with Gasteiger partial charge in [-0.15, -0.1) is 0 Å². The summed E-state index contributed by atoms with van der Waals surface area (Å²) in [5, 5.41) is 11.0. The van der Waals surface area contributed by atoms with Crippen LogP contribution in [0.25, 0.3) is 0 Å². The third kappa shape index (κ3) is 5.03. The summed E-state index contributed by atoms with van der Waals surface area (Å²) in [4.78, 5) is 11.2. The van der Waals surface area contributed by atoms with Crippen LogP contribution in [0.4, 0.5) is 5.69 Å². The van der Waals surface area contributed by atoms with E-state index < -0.39 is 0 Å². The lowest BCUT2D eigenvalue weighted by atomic mass is 10.3. The van der Waals surface area contributed by atoms with Crippen molar-refractivity contribution in [1.29, 1.82) is 5.26 Å². The van der Waals surface area contributed by atoms with E-state index in [9.17, 15) is 4.79 Å². The smallest absolute Gasteiger partial charge is 0.238 e. The molecule has 1 aromatic carbocycles. The first kappa shape index (κ1) is 13.0. The van der Waals surface area contributed by atoms with Crippen LogP contribution in [-0.2, 0) is 4.79 Å². The molecule has 1 N–H and O–H groups in total. The Morgan fingerprint density at radius 1 is 1.53 bits per heavy atom. The highest BCUT2D eigenvalue weighted by Gasteiger charge is 2.02. The van der Waals surface area contributed by atoms with E-state index >= 15 is 0 Å². The van der Waals surface area contributed by atoms with Crippen LogP contribution in [0.3, 0.4) is 0 Å². The Balaban J connectivity index is 2.53. The second-order valence-electron chi connectivity index (χ2n) is 3.61. The molecule has 1 amide bonds. The van der Waals surface area contributed by atoms with Crippen LogP contribution in [0, 0.1) is 11.3 Å². The molecule has 0 bridgehead atoms. The summed E-state index contributed by atoms with van der Waals surface area (Å²) in [5.74, 6) is 0.423. The maximum Gasteiger partial charge on any atom is 0.238 e. The number of anilines is 1. The van der Waals surface area contributed by atoms with E-state index in [1.165, 1.54) is 0 Å². The van der Waals surface area contributed by atoms with Crippen LogP contribution < -0.4 is 10.1 Å². The van der Waals surface area contributed by atoms with E-state index in [2.05, 4.69) is 12.2 Å². The van der Waals surface area contributed by atoms with Gasteiger partial charge in [0, 0.05) is 11.8 Å². The quantitative estimate of drug-likeness (QED) is 0.767. The average Bonchev–Trinajstić information content (AvgIpc) is 2.30. The maximum absolute atomic E-state index is 11.2. The molecule has 0 atom stereocenters. The normalized spacial score (nSPS) is 9.41. The van der Waals surface area contributed by atoms with Gasteiger partial charge in [0.25, 0.3) is 0 Å². The molecule has 0 saturated heterocycles. The number of nitrogens with one attached hydrogen (secondary N) is 1. The number of benzene rings is 1. The SMILES string of the molecule is CCCCOc1cccc(NC(=O)CC#N)c1. The zero-order valence-electron chi connectivity index (χ0n) is 9.90. The Labute approximate surface area is 101 Å². The van der Waals surface area contributed by atoms with Gasteiger partial charge >= 0.3 is 0 Å².